The first-order valence-electron chi connectivity index (χ1n) is 8.66. The zero-order valence-electron chi connectivity index (χ0n) is 14.3. The van der Waals surface area contributed by atoms with Gasteiger partial charge in [-0.1, -0.05) is 12.1 Å². The molecule has 1 heterocycles. The van der Waals surface area contributed by atoms with Gasteiger partial charge in [0, 0.05) is 29.1 Å². The number of nitrogens with one attached hydrogen (secondary N) is 2. The fourth-order valence-corrected chi connectivity index (χ4v) is 3.51. The Labute approximate surface area is 147 Å². The highest BCUT2D eigenvalue weighted by molar-refractivity contribution is 5.85. The highest BCUT2D eigenvalue weighted by atomic mass is 16.5. The predicted octanol–water partition coefficient (Wildman–Crippen LogP) is 3.74. The molecule has 0 spiro atoms. The number of fused-ring (bicyclic) bond motifs is 1. The summed E-state index contributed by atoms with van der Waals surface area (Å²) in [6, 6.07) is 16.8. The van der Waals surface area contributed by atoms with Gasteiger partial charge in [-0.05, 0) is 60.8 Å². The number of hydrogen-bond acceptors (Lipinski definition) is 3. The van der Waals surface area contributed by atoms with Gasteiger partial charge in [-0.2, -0.15) is 5.26 Å². The molecule has 1 fully saturated rings. The van der Waals surface area contributed by atoms with Crippen molar-refractivity contribution in [2.24, 2.45) is 0 Å². The lowest BCUT2D eigenvalue weighted by atomic mass is 10.1. The lowest BCUT2D eigenvalue weighted by Crippen LogP contribution is -2.20. The number of ether oxygens (including phenoxy) is 1. The van der Waals surface area contributed by atoms with Crippen molar-refractivity contribution in [3.63, 3.8) is 0 Å². The van der Waals surface area contributed by atoms with Crippen LogP contribution in [0.2, 0.25) is 0 Å². The summed E-state index contributed by atoms with van der Waals surface area (Å²) in [4.78, 5) is 3.32. The zero-order chi connectivity index (χ0) is 17.2. The Morgan fingerprint density at radius 3 is 3.04 bits per heavy atom. The number of benzene rings is 2. The number of aromatic nitrogens is 1. The molecule has 0 radical (unpaired) electrons. The molecule has 1 aliphatic carbocycles. The van der Waals surface area contributed by atoms with Crippen LogP contribution in [0.4, 0.5) is 0 Å². The third kappa shape index (κ3) is 3.24. The molecule has 1 saturated carbocycles. The summed E-state index contributed by atoms with van der Waals surface area (Å²) in [6.45, 7) is 0.958. The van der Waals surface area contributed by atoms with Crippen molar-refractivity contribution in [2.75, 3.05) is 13.7 Å². The number of nitrogens with zero attached hydrogens (tertiary/aromatic N) is 1. The SMILES string of the molecule is COc1cccc(CCN[C@@H]2C[C@H]2c2c[nH]c3ccc(C#N)cc23)c1. The van der Waals surface area contributed by atoms with Crippen molar-refractivity contribution in [1.82, 2.24) is 10.3 Å². The van der Waals surface area contributed by atoms with Crippen LogP contribution >= 0.6 is 0 Å². The Morgan fingerprint density at radius 2 is 2.20 bits per heavy atom. The minimum absolute atomic E-state index is 0.523. The first-order valence-corrected chi connectivity index (χ1v) is 8.66. The maximum Gasteiger partial charge on any atom is 0.119 e. The molecule has 1 aromatic heterocycles. The van der Waals surface area contributed by atoms with Crippen molar-refractivity contribution >= 4 is 10.9 Å². The van der Waals surface area contributed by atoms with E-state index in [1.807, 2.05) is 30.3 Å². The fraction of sp³-hybridized carbons (Fsp3) is 0.286. The minimum atomic E-state index is 0.523. The van der Waals surface area contributed by atoms with E-state index in [0.717, 1.165) is 36.2 Å². The molecule has 0 amide bonds. The van der Waals surface area contributed by atoms with Crippen LogP contribution in [0.1, 0.15) is 29.0 Å². The van der Waals surface area contributed by atoms with Crippen LogP contribution < -0.4 is 10.1 Å². The van der Waals surface area contributed by atoms with Gasteiger partial charge in [0.25, 0.3) is 0 Å². The molecule has 126 valence electrons. The van der Waals surface area contributed by atoms with Crippen molar-refractivity contribution in [3.8, 4) is 11.8 Å². The number of rotatable bonds is 6. The van der Waals surface area contributed by atoms with Gasteiger partial charge in [-0.3, -0.25) is 0 Å². The molecule has 2 N–H and O–H groups in total. The highest BCUT2D eigenvalue weighted by Gasteiger charge is 2.39. The predicted molar refractivity (Wildman–Crippen MR) is 98.9 cm³/mol. The maximum atomic E-state index is 9.11. The quantitative estimate of drug-likeness (QED) is 0.723. The Hall–Kier alpha value is -2.77. The Kier molecular flexibility index (Phi) is 4.17. The first kappa shape index (κ1) is 15.7. The van der Waals surface area contributed by atoms with Crippen molar-refractivity contribution in [2.45, 2.75) is 24.8 Å². The molecule has 4 heteroatoms. The Morgan fingerprint density at radius 1 is 1.28 bits per heavy atom. The van der Waals surface area contributed by atoms with Crippen molar-refractivity contribution in [3.05, 3.63) is 65.4 Å². The van der Waals surface area contributed by atoms with Gasteiger partial charge in [0.15, 0.2) is 0 Å². The van der Waals surface area contributed by atoms with E-state index in [9.17, 15) is 0 Å². The van der Waals surface area contributed by atoms with Crippen molar-refractivity contribution in [1.29, 1.82) is 5.26 Å². The zero-order valence-corrected chi connectivity index (χ0v) is 14.3. The molecule has 0 bridgehead atoms. The molecule has 2 atom stereocenters. The largest absolute Gasteiger partial charge is 0.497 e. The van der Waals surface area contributed by atoms with Crippen LogP contribution in [0.25, 0.3) is 10.9 Å². The third-order valence-electron chi connectivity index (χ3n) is 4.99. The standard InChI is InChI=1S/C21H21N3O/c1-25-16-4-2-3-14(9-16)7-8-23-21-11-18(21)19-13-24-20-6-5-15(12-22)10-17(19)20/h2-6,9-10,13,18,21,23-24H,7-8,11H2,1H3/t18-,21+/m0/s1. The second kappa shape index (κ2) is 6.62. The summed E-state index contributed by atoms with van der Waals surface area (Å²) in [5.41, 5.74) is 4.44. The Bertz CT molecular complexity index is 938. The van der Waals surface area contributed by atoms with Gasteiger partial charge in [-0.25, -0.2) is 0 Å². The van der Waals surface area contributed by atoms with Gasteiger partial charge in [-0.15, -0.1) is 0 Å². The van der Waals surface area contributed by atoms with E-state index >= 15 is 0 Å². The minimum Gasteiger partial charge on any atom is -0.497 e. The molecule has 0 aliphatic heterocycles. The molecule has 4 rings (SSSR count). The average Bonchev–Trinajstić information content (AvgIpc) is 3.29. The second-order valence-electron chi connectivity index (χ2n) is 6.62. The lowest BCUT2D eigenvalue weighted by Gasteiger charge is -2.06. The number of methoxy groups -OCH3 is 1. The summed E-state index contributed by atoms with van der Waals surface area (Å²) >= 11 is 0. The van der Waals surface area contributed by atoms with Crippen LogP contribution in [0.5, 0.6) is 5.75 Å². The summed E-state index contributed by atoms with van der Waals surface area (Å²) < 4.78 is 5.27. The monoisotopic (exact) mass is 331 g/mol. The number of hydrogen-bond donors (Lipinski definition) is 2. The topological polar surface area (TPSA) is 60.8 Å². The molecule has 2 aromatic carbocycles. The van der Waals surface area contributed by atoms with Gasteiger partial charge in [0.1, 0.15) is 5.75 Å². The van der Waals surface area contributed by atoms with E-state index in [4.69, 9.17) is 10.00 Å². The summed E-state index contributed by atoms with van der Waals surface area (Å²) in [7, 11) is 1.70. The van der Waals surface area contributed by atoms with Crippen LogP contribution in [-0.2, 0) is 6.42 Å². The molecular formula is C21H21N3O. The average molecular weight is 331 g/mol. The Balaban J connectivity index is 1.37. The molecule has 1 aliphatic rings. The van der Waals surface area contributed by atoms with E-state index in [0.29, 0.717) is 12.0 Å². The number of nitriles is 1. The lowest BCUT2D eigenvalue weighted by molar-refractivity contribution is 0.414. The normalized spacial score (nSPS) is 18.9. The van der Waals surface area contributed by atoms with Crippen LogP contribution in [0, 0.1) is 11.3 Å². The summed E-state index contributed by atoms with van der Waals surface area (Å²) in [5, 5.41) is 13.9. The molecule has 0 saturated heterocycles. The molecule has 3 aromatic rings. The maximum absolute atomic E-state index is 9.11. The smallest absolute Gasteiger partial charge is 0.119 e. The second-order valence-corrected chi connectivity index (χ2v) is 6.62. The van der Waals surface area contributed by atoms with E-state index in [1.54, 1.807) is 7.11 Å². The van der Waals surface area contributed by atoms with Crippen LogP contribution in [0.15, 0.2) is 48.7 Å². The highest BCUT2D eigenvalue weighted by Crippen LogP contribution is 2.43. The molecule has 0 unspecified atom stereocenters. The third-order valence-corrected chi connectivity index (χ3v) is 4.99. The van der Waals surface area contributed by atoms with Gasteiger partial charge >= 0.3 is 0 Å². The van der Waals surface area contributed by atoms with Gasteiger partial charge < -0.3 is 15.0 Å². The van der Waals surface area contributed by atoms with E-state index in [1.165, 1.54) is 16.5 Å². The van der Waals surface area contributed by atoms with Crippen LogP contribution in [-0.4, -0.2) is 24.7 Å². The molecule has 25 heavy (non-hydrogen) atoms. The van der Waals surface area contributed by atoms with E-state index in [-0.39, 0.29) is 0 Å². The van der Waals surface area contributed by atoms with Crippen LogP contribution in [0.3, 0.4) is 0 Å². The molecular weight excluding hydrogens is 310 g/mol. The van der Waals surface area contributed by atoms with Crippen molar-refractivity contribution < 1.29 is 4.74 Å². The van der Waals surface area contributed by atoms with E-state index < -0.39 is 0 Å². The first-order chi connectivity index (χ1) is 12.3. The van der Waals surface area contributed by atoms with Gasteiger partial charge in [0.05, 0.1) is 18.7 Å². The van der Waals surface area contributed by atoms with E-state index in [2.05, 4.69) is 34.7 Å². The number of aromatic amines is 1. The fourth-order valence-electron chi connectivity index (χ4n) is 3.51. The summed E-state index contributed by atoms with van der Waals surface area (Å²) in [6.07, 6.45) is 4.24. The number of H-pyrrole nitrogens is 1. The van der Waals surface area contributed by atoms with Gasteiger partial charge in [0.2, 0.25) is 0 Å². The summed E-state index contributed by atoms with van der Waals surface area (Å²) in [5.74, 6) is 1.45. The molecule has 4 nitrogen and oxygen atoms in total.